The van der Waals surface area contributed by atoms with Crippen molar-refractivity contribution in [2.45, 2.75) is 0 Å². The molecule has 0 atom stereocenters. The lowest BCUT2D eigenvalue weighted by Crippen LogP contribution is 0.0803. The standard InChI is InChI=1S/2C.2S. The molecule has 0 spiro atoms. The van der Waals surface area contributed by atoms with E-state index in [1.807, 2.05) is 0 Å². The summed E-state index contributed by atoms with van der Waals surface area (Å²) in [5, 5.41) is 0. The highest BCUT2D eigenvalue weighted by atomic mass is 32.1. The summed E-state index contributed by atoms with van der Waals surface area (Å²) in [7, 11) is 0. The second kappa shape index (κ2) is 55.0. The van der Waals surface area contributed by atoms with Crippen molar-refractivity contribution in [2.24, 2.45) is 0 Å². The van der Waals surface area contributed by atoms with Gasteiger partial charge in [-0.1, -0.05) is 0 Å². The Morgan fingerprint density at radius 1 is 0.500 bits per heavy atom. The zero-order valence-electron chi connectivity index (χ0n) is 1.82. The van der Waals surface area contributed by atoms with Crippen LogP contribution in [0.5, 0.6) is 0 Å². The van der Waals surface area contributed by atoms with Crippen LogP contribution in [-0.4, -0.2) is 0 Å². The minimum Gasteiger partial charge on any atom is 0 e. The molecule has 0 nitrogen and oxygen atoms in total. The van der Waals surface area contributed by atoms with Crippen molar-refractivity contribution in [1.29, 1.82) is 0 Å². The highest BCUT2D eigenvalue weighted by molar-refractivity contribution is 7.59. The van der Waals surface area contributed by atoms with Crippen molar-refractivity contribution < 1.29 is 0 Å². The van der Waals surface area contributed by atoms with Crippen LogP contribution in [-0.2, 0) is 0 Å². The van der Waals surface area contributed by atoms with Gasteiger partial charge in [-0.15, -0.1) is 0 Å². The predicted molar refractivity (Wildman–Crippen MR) is 21.7 cm³/mol. The van der Waals surface area contributed by atoms with Gasteiger partial charge in [-0.3, -0.25) is 0 Å². The zero-order valence-corrected chi connectivity index (χ0v) is 3.45. The molecule has 0 N–H and O–H groups in total. The molecule has 4 heavy (non-hydrogen) atoms. The van der Waals surface area contributed by atoms with Crippen LogP contribution in [0.4, 0.5) is 0 Å². The first kappa shape index (κ1) is 131. The van der Waals surface area contributed by atoms with E-state index >= 15 is 0 Å². The Labute approximate surface area is 42.5 Å². The average Bonchev–Trinajstić information content (AvgIpc) is 0. The maximum absolute atomic E-state index is 0. The molecule has 20 valence electrons. The van der Waals surface area contributed by atoms with Gasteiger partial charge < -0.3 is 0 Å². The number of rotatable bonds is 0. The summed E-state index contributed by atoms with van der Waals surface area (Å²) in [5.41, 5.74) is 0. The van der Waals surface area contributed by atoms with E-state index in [0.717, 1.165) is 0 Å². The topological polar surface area (TPSA) is 0 Å². The Bertz CT molecular complexity index is 4.00. The van der Waals surface area contributed by atoms with Crippen LogP contribution in [0.3, 0.4) is 0 Å². The van der Waals surface area contributed by atoms with Gasteiger partial charge in [-0.2, -0.15) is 0 Å². The summed E-state index contributed by atoms with van der Waals surface area (Å²) in [5.74, 6) is 0. The minimum atomic E-state index is 0. The molecular formula is C2S2. The first-order valence-corrected chi connectivity index (χ1v) is 0. The molecule has 0 fully saturated rings. The molecule has 0 saturated carbocycles. The van der Waals surface area contributed by atoms with Crippen LogP contribution in [0, 0.1) is 14.9 Å². The molecule has 0 bridgehead atoms. The molecule has 0 aromatic carbocycles. The third-order valence-electron chi connectivity index (χ3n) is 0. The summed E-state index contributed by atoms with van der Waals surface area (Å²) < 4.78 is 0. The molecule has 0 aromatic rings. The van der Waals surface area contributed by atoms with E-state index in [1.165, 1.54) is 0 Å². The first-order chi connectivity index (χ1) is 0. The fourth-order valence-corrected chi connectivity index (χ4v) is 0. The van der Waals surface area contributed by atoms with E-state index in [-0.39, 0.29) is 41.8 Å². The monoisotopic (exact) mass is 87.9 g/mol. The van der Waals surface area contributed by atoms with E-state index in [1.54, 1.807) is 0 Å². The molecule has 0 aromatic heterocycles. The summed E-state index contributed by atoms with van der Waals surface area (Å²) in [4.78, 5) is 0. The molecule has 0 aliphatic rings. The second-order valence-electron chi connectivity index (χ2n) is 0. The fraction of sp³-hybridized carbons (Fsp3) is 0. The SMILES string of the molecule is [C].[C].[S].[S]. The first-order valence-electron chi connectivity index (χ1n) is 0. The van der Waals surface area contributed by atoms with Crippen LogP contribution in [0.15, 0.2) is 0 Å². The zero-order chi connectivity index (χ0) is 0. The van der Waals surface area contributed by atoms with Gasteiger partial charge in [-0.05, 0) is 0 Å². The molecule has 0 heterocycles. The lowest BCUT2D eigenvalue weighted by molar-refractivity contribution is 3.24. The number of hydrogen-bond donors (Lipinski definition) is 0. The van der Waals surface area contributed by atoms with Crippen molar-refractivity contribution in [3.8, 4) is 0 Å². The Hall–Kier alpha value is 0.700. The highest BCUT2D eigenvalue weighted by Crippen LogP contribution is 0.649. The molecule has 0 aliphatic carbocycles. The van der Waals surface area contributed by atoms with Gasteiger partial charge in [0.25, 0.3) is 0 Å². The predicted octanol–water partition coefficient (Wildman–Crippen LogP) is 1.46. The normalized spacial score (nSPS) is 0. The van der Waals surface area contributed by atoms with Crippen molar-refractivity contribution in [1.82, 2.24) is 0 Å². The van der Waals surface area contributed by atoms with Gasteiger partial charge in [0.15, 0.2) is 0 Å². The maximum atomic E-state index is 0. The Balaban J connectivity index is 0. The van der Waals surface area contributed by atoms with E-state index in [2.05, 4.69) is 0 Å². The van der Waals surface area contributed by atoms with Crippen LogP contribution < -0.4 is 0 Å². The van der Waals surface area contributed by atoms with Gasteiger partial charge in [0.05, 0.1) is 0 Å². The fourth-order valence-electron chi connectivity index (χ4n) is 0. The van der Waals surface area contributed by atoms with Crippen molar-refractivity contribution >= 4 is 27.0 Å². The molecule has 0 rings (SSSR count). The summed E-state index contributed by atoms with van der Waals surface area (Å²) in [6.45, 7) is 0. The van der Waals surface area contributed by atoms with Crippen molar-refractivity contribution in [3.63, 3.8) is 0 Å². The van der Waals surface area contributed by atoms with Crippen LogP contribution in [0.25, 0.3) is 0 Å². The van der Waals surface area contributed by atoms with Crippen LogP contribution >= 0.6 is 27.0 Å². The van der Waals surface area contributed by atoms with E-state index in [0.29, 0.717) is 0 Å². The lowest BCUT2D eigenvalue weighted by Gasteiger charge is -0.00100. The Morgan fingerprint density at radius 3 is 0.500 bits per heavy atom. The molecule has 12 radical (unpaired) electrons. The second-order valence-corrected chi connectivity index (χ2v) is 0. The Kier molecular flexibility index (Phi) is 1810. The Morgan fingerprint density at radius 2 is 0.500 bits per heavy atom. The quantitative estimate of drug-likeness (QED) is 0.420. The van der Waals surface area contributed by atoms with Gasteiger partial charge in [0.1, 0.15) is 0 Å². The van der Waals surface area contributed by atoms with Gasteiger partial charge >= 0.3 is 0 Å². The number of hydrogen-bond acceptors (Lipinski definition) is 0. The third kappa shape index (κ3) is 15.9. The molecular weight excluding hydrogens is 88.2 g/mol. The summed E-state index contributed by atoms with van der Waals surface area (Å²) in [6, 6.07) is 0. The van der Waals surface area contributed by atoms with Gasteiger partial charge in [0.2, 0.25) is 0 Å². The van der Waals surface area contributed by atoms with Gasteiger partial charge in [0, 0.05) is 41.8 Å². The van der Waals surface area contributed by atoms with Crippen molar-refractivity contribution in [2.75, 3.05) is 0 Å². The molecule has 0 saturated heterocycles. The lowest BCUT2D eigenvalue weighted by atomic mass is 12.0. The summed E-state index contributed by atoms with van der Waals surface area (Å²) >= 11 is 0. The van der Waals surface area contributed by atoms with Crippen LogP contribution in [0.1, 0.15) is 0 Å². The highest BCUT2D eigenvalue weighted by Gasteiger charge is 0.00300. The smallest absolute Gasteiger partial charge is 0 e. The molecule has 0 unspecified atom stereocenters. The largest absolute Gasteiger partial charge is 0 e. The minimum absolute atomic E-state index is 0. The summed E-state index contributed by atoms with van der Waals surface area (Å²) in [6.07, 6.45) is 0. The average molecular weight is 88.2 g/mol. The van der Waals surface area contributed by atoms with E-state index in [9.17, 15) is 0 Å². The third-order valence-corrected chi connectivity index (χ3v) is 0. The molecule has 0 aliphatic heterocycles. The van der Waals surface area contributed by atoms with Crippen molar-refractivity contribution in [3.05, 3.63) is 14.9 Å². The molecule has 0 amide bonds. The molecule has 2 heteroatoms. The maximum Gasteiger partial charge on any atom is 0 e. The van der Waals surface area contributed by atoms with Gasteiger partial charge in [-0.25, -0.2) is 0 Å². The van der Waals surface area contributed by atoms with E-state index in [4.69, 9.17) is 0 Å². The van der Waals surface area contributed by atoms with E-state index < -0.39 is 0 Å². The van der Waals surface area contributed by atoms with Crippen LogP contribution in [0.2, 0.25) is 0 Å².